The number of hydrogen-bond acceptors (Lipinski definition) is 1. The monoisotopic (exact) mass is 303 g/mol. The van der Waals surface area contributed by atoms with Crippen LogP contribution in [-0.2, 0) is 0 Å². The van der Waals surface area contributed by atoms with Gasteiger partial charge in [-0.3, -0.25) is 0 Å². The van der Waals surface area contributed by atoms with Crippen LogP contribution in [0.4, 0.5) is 0 Å². The Labute approximate surface area is 138 Å². The van der Waals surface area contributed by atoms with Gasteiger partial charge in [-0.2, -0.15) is 5.26 Å². The molecule has 0 aromatic carbocycles. The van der Waals surface area contributed by atoms with E-state index in [4.69, 9.17) is 0 Å². The summed E-state index contributed by atoms with van der Waals surface area (Å²) in [6.07, 6.45) is 9.23. The molecular formula is C21H37N. The molecule has 126 valence electrons. The van der Waals surface area contributed by atoms with Crippen molar-refractivity contribution in [1.29, 1.82) is 5.26 Å². The van der Waals surface area contributed by atoms with Gasteiger partial charge in [-0.15, -0.1) is 0 Å². The maximum atomic E-state index is 9.74. The zero-order chi connectivity index (χ0) is 16.5. The number of rotatable bonds is 4. The van der Waals surface area contributed by atoms with E-state index < -0.39 is 0 Å². The molecule has 0 spiro atoms. The molecule has 0 N–H and O–H groups in total. The lowest BCUT2D eigenvalue weighted by atomic mass is 9.58. The molecule has 0 amide bonds. The smallest absolute Gasteiger partial charge is 0.0658 e. The molecule has 0 aromatic rings. The van der Waals surface area contributed by atoms with E-state index in [2.05, 4.69) is 47.6 Å². The average Bonchev–Trinajstić information content (AvgIpc) is 2.76. The molecule has 0 aromatic heterocycles. The minimum Gasteiger partial charge on any atom is -0.198 e. The molecule has 2 rings (SSSR count). The first-order chi connectivity index (χ1) is 10.2. The maximum Gasteiger partial charge on any atom is 0.0658 e. The van der Waals surface area contributed by atoms with Gasteiger partial charge in [0, 0.05) is 5.92 Å². The SMILES string of the molecule is C[C@@H](C(C#N)CCC(C)(C)C)C1CCC2[C@@H](C)CCC[C@]12C. The summed E-state index contributed by atoms with van der Waals surface area (Å²) in [7, 11) is 0. The second-order valence-electron chi connectivity index (χ2n) is 9.86. The van der Waals surface area contributed by atoms with Gasteiger partial charge >= 0.3 is 0 Å². The van der Waals surface area contributed by atoms with Crippen molar-refractivity contribution in [1.82, 2.24) is 0 Å². The molecular weight excluding hydrogens is 266 g/mol. The minimum atomic E-state index is 0.247. The summed E-state index contributed by atoms with van der Waals surface area (Å²) in [5.74, 6) is 3.39. The van der Waals surface area contributed by atoms with Crippen molar-refractivity contribution >= 4 is 0 Å². The highest BCUT2D eigenvalue weighted by Crippen LogP contribution is 2.60. The standard InChI is InChI=1S/C21H37N/c1-15-8-7-12-21(6)18(15)9-10-19(21)16(2)17(14-22)11-13-20(3,4)5/h15-19H,7-13H2,1-6H3/t15-,16-,17?,18?,19?,21-/m0/s1. The van der Waals surface area contributed by atoms with Gasteiger partial charge in [0.15, 0.2) is 0 Å². The van der Waals surface area contributed by atoms with Crippen molar-refractivity contribution in [3.8, 4) is 6.07 Å². The molecule has 0 heterocycles. The molecule has 1 heteroatoms. The van der Waals surface area contributed by atoms with Gasteiger partial charge in [0.1, 0.15) is 0 Å². The second kappa shape index (κ2) is 6.54. The van der Waals surface area contributed by atoms with Gasteiger partial charge in [-0.05, 0) is 66.6 Å². The fourth-order valence-corrected chi connectivity index (χ4v) is 5.78. The Kier molecular flexibility index (Phi) is 5.31. The van der Waals surface area contributed by atoms with Crippen molar-refractivity contribution < 1.29 is 0 Å². The third-order valence-electron chi connectivity index (χ3n) is 7.19. The van der Waals surface area contributed by atoms with Crippen LogP contribution in [0, 0.1) is 51.8 Å². The molecule has 1 nitrogen and oxygen atoms in total. The first kappa shape index (κ1) is 17.8. The molecule has 6 atom stereocenters. The van der Waals surface area contributed by atoms with Crippen LogP contribution in [0.25, 0.3) is 0 Å². The Bertz CT molecular complexity index is 413. The molecule has 2 aliphatic rings. The lowest BCUT2D eigenvalue weighted by Crippen LogP contribution is -2.39. The number of hydrogen-bond donors (Lipinski definition) is 0. The Morgan fingerprint density at radius 3 is 2.50 bits per heavy atom. The van der Waals surface area contributed by atoms with Crippen molar-refractivity contribution in [2.75, 3.05) is 0 Å². The Balaban J connectivity index is 2.08. The first-order valence-corrected chi connectivity index (χ1v) is 9.58. The van der Waals surface area contributed by atoms with Gasteiger partial charge in [-0.1, -0.05) is 54.4 Å². The number of fused-ring (bicyclic) bond motifs is 1. The number of nitriles is 1. The van der Waals surface area contributed by atoms with Crippen LogP contribution in [0.1, 0.15) is 86.5 Å². The molecule has 2 fully saturated rings. The van der Waals surface area contributed by atoms with Crippen molar-refractivity contribution in [2.45, 2.75) is 86.5 Å². The van der Waals surface area contributed by atoms with E-state index in [1.54, 1.807) is 0 Å². The van der Waals surface area contributed by atoms with Crippen molar-refractivity contribution in [3.05, 3.63) is 0 Å². The van der Waals surface area contributed by atoms with Crippen molar-refractivity contribution in [3.63, 3.8) is 0 Å². The maximum absolute atomic E-state index is 9.74. The summed E-state index contributed by atoms with van der Waals surface area (Å²) in [5.41, 5.74) is 0.851. The van der Waals surface area contributed by atoms with Gasteiger partial charge < -0.3 is 0 Å². The van der Waals surface area contributed by atoms with Gasteiger partial charge in [0.05, 0.1) is 6.07 Å². The van der Waals surface area contributed by atoms with Crippen LogP contribution in [-0.4, -0.2) is 0 Å². The number of nitrogens with zero attached hydrogens (tertiary/aromatic N) is 1. The highest BCUT2D eigenvalue weighted by atomic mass is 14.6. The zero-order valence-electron chi connectivity index (χ0n) is 15.8. The zero-order valence-corrected chi connectivity index (χ0v) is 15.8. The highest BCUT2D eigenvalue weighted by Gasteiger charge is 2.52. The largest absolute Gasteiger partial charge is 0.198 e. The molecule has 2 aliphatic carbocycles. The fraction of sp³-hybridized carbons (Fsp3) is 0.952. The van der Waals surface area contributed by atoms with Crippen molar-refractivity contribution in [2.24, 2.45) is 40.4 Å². The first-order valence-electron chi connectivity index (χ1n) is 9.58. The molecule has 22 heavy (non-hydrogen) atoms. The van der Waals surface area contributed by atoms with Gasteiger partial charge in [-0.25, -0.2) is 0 Å². The van der Waals surface area contributed by atoms with E-state index in [0.717, 1.165) is 24.2 Å². The lowest BCUT2D eigenvalue weighted by Gasteiger charge is -2.46. The predicted octanol–water partition coefficient (Wildman–Crippen LogP) is 6.44. The third-order valence-corrected chi connectivity index (χ3v) is 7.19. The Morgan fingerprint density at radius 2 is 1.91 bits per heavy atom. The predicted molar refractivity (Wildman–Crippen MR) is 94.3 cm³/mol. The summed E-state index contributed by atoms with van der Waals surface area (Å²) in [6, 6.07) is 2.68. The molecule has 2 saturated carbocycles. The van der Waals surface area contributed by atoms with Crippen LogP contribution in [0.3, 0.4) is 0 Å². The average molecular weight is 304 g/mol. The van der Waals surface area contributed by atoms with E-state index in [-0.39, 0.29) is 5.92 Å². The van der Waals surface area contributed by atoms with Crippen LogP contribution in [0.2, 0.25) is 0 Å². The van der Waals surface area contributed by atoms with Gasteiger partial charge in [0.2, 0.25) is 0 Å². The highest BCUT2D eigenvalue weighted by molar-refractivity contribution is 5.03. The van der Waals surface area contributed by atoms with E-state index >= 15 is 0 Å². The molecule has 0 aliphatic heterocycles. The lowest BCUT2D eigenvalue weighted by molar-refractivity contribution is 0.0269. The van der Waals surface area contributed by atoms with Crippen LogP contribution < -0.4 is 0 Å². The van der Waals surface area contributed by atoms with Crippen LogP contribution in [0.5, 0.6) is 0 Å². The van der Waals surface area contributed by atoms with E-state index in [9.17, 15) is 5.26 Å². The molecule has 0 bridgehead atoms. The fourth-order valence-electron chi connectivity index (χ4n) is 5.78. The second-order valence-corrected chi connectivity index (χ2v) is 9.86. The quantitative estimate of drug-likeness (QED) is 0.586. The molecule has 3 unspecified atom stereocenters. The van der Waals surface area contributed by atoms with Crippen LogP contribution in [0.15, 0.2) is 0 Å². The minimum absolute atomic E-state index is 0.247. The van der Waals surface area contributed by atoms with Crippen LogP contribution >= 0.6 is 0 Å². The van der Waals surface area contributed by atoms with Gasteiger partial charge in [0.25, 0.3) is 0 Å². The Hall–Kier alpha value is -0.510. The topological polar surface area (TPSA) is 23.8 Å². The summed E-state index contributed by atoms with van der Waals surface area (Å²) in [6.45, 7) is 14.3. The normalized spacial score (nSPS) is 38.1. The molecule has 0 saturated heterocycles. The summed E-state index contributed by atoms with van der Waals surface area (Å²) >= 11 is 0. The molecule has 0 radical (unpaired) electrons. The van der Waals surface area contributed by atoms with E-state index in [1.807, 2.05) is 0 Å². The summed E-state index contributed by atoms with van der Waals surface area (Å²) < 4.78 is 0. The van der Waals surface area contributed by atoms with E-state index in [0.29, 0.717) is 16.7 Å². The third kappa shape index (κ3) is 3.52. The van der Waals surface area contributed by atoms with E-state index in [1.165, 1.54) is 38.5 Å². The Morgan fingerprint density at radius 1 is 1.23 bits per heavy atom. The summed E-state index contributed by atoms with van der Waals surface area (Å²) in [4.78, 5) is 0. The summed E-state index contributed by atoms with van der Waals surface area (Å²) in [5, 5.41) is 9.74.